The molecule has 1 aliphatic rings. The van der Waals surface area contributed by atoms with Crippen molar-refractivity contribution in [2.45, 2.75) is 12.8 Å². The predicted molar refractivity (Wildman–Crippen MR) is 69.2 cm³/mol. The minimum atomic E-state index is 0.372. The zero-order valence-corrected chi connectivity index (χ0v) is 10.7. The maximum absolute atomic E-state index is 11.1. The summed E-state index contributed by atoms with van der Waals surface area (Å²) in [5, 5.41) is 0. The number of rotatable bonds is 5. The number of Topliss-reactive ketones (excluding diaryl/α,β-unsaturated/α-hetero) is 1. The smallest absolute Gasteiger partial charge is 0.161 e. The number of carbonyl (C=O) groups is 1. The molecule has 0 atom stereocenters. The molecule has 1 aliphatic heterocycles. The van der Waals surface area contributed by atoms with E-state index < -0.39 is 0 Å². The molecule has 0 N–H and O–H groups in total. The molecule has 0 bridgehead atoms. The first-order valence-corrected chi connectivity index (χ1v) is 6.29. The largest absolute Gasteiger partial charge is 0.493 e. The number of ketones is 1. The van der Waals surface area contributed by atoms with Gasteiger partial charge < -0.3 is 9.47 Å². The Morgan fingerprint density at radius 3 is 2.50 bits per heavy atom. The lowest BCUT2D eigenvalue weighted by molar-refractivity contribution is -0.121. The number of nitrogens with zero attached hydrogens (tertiary/aromatic N) is 1. The summed E-state index contributed by atoms with van der Waals surface area (Å²) in [4.78, 5) is 13.4. The molecule has 0 spiro atoms. The van der Waals surface area contributed by atoms with E-state index in [9.17, 15) is 4.79 Å². The molecular formula is C14H19NO3. The molecule has 0 aliphatic carbocycles. The molecule has 0 amide bonds. The van der Waals surface area contributed by atoms with Crippen molar-refractivity contribution in [3.8, 4) is 11.5 Å². The minimum absolute atomic E-state index is 0.372. The van der Waals surface area contributed by atoms with Gasteiger partial charge in [-0.1, -0.05) is 12.1 Å². The summed E-state index contributed by atoms with van der Waals surface area (Å²) < 4.78 is 10.9. The highest BCUT2D eigenvalue weighted by atomic mass is 16.5. The van der Waals surface area contributed by atoms with Crippen molar-refractivity contribution >= 4 is 5.78 Å². The van der Waals surface area contributed by atoms with Crippen LogP contribution in [0.1, 0.15) is 12.8 Å². The Bertz CT molecular complexity index is 396. The molecule has 4 heteroatoms. The van der Waals surface area contributed by atoms with Crippen LogP contribution in [-0.4, -0.2) is 44.0 Å². The van der Waals surface area contributed by atoms with Crippen LogP contribution in [0.15, 0.2) is 24.3 Å². The number of methoxy groups -OCH3 is 1. The van der Waals surface area contributed by atoms with Gasteiger partial charge in [0.15, 0.2) is 11.5 Å². The molecule has 4 nitrogen and oxygen atoms in total. The molecule has 0 saturated carbocycles. The van der Waals surface area contributed by atoms with Crippen molar-refractivity contribution in [2.75, 3.05) is 33.4 Å². The van der Waals surface area contributed by atoms with E-state index in [0.29, 0.717) is 25.2 Å². The van der Waals surface area contributed by atoms with Crippen molar-refractivity contribution in [3.05, 3.63) is 24.3 Å². The van der Waals surface area contributed by atoms with Crippen LogP contribution >= 0.6 is 0 Å². The van der Waals surface area contributed by atoms with Crippen LogP contribution < -0.4 is 9.47 Å². The maximum atomic E-state index is 11.1. The van der Waals surface area contributed by atoms with E-state index in [2.05, 4.69) is 4.90 Å². The number of hydrogen-bond donors (Lipinski definition) is 0. The normalized spacial score (nSPS) is 16.6. The highest BCUT2D eigenvalue weighted by molar-refractivity contribution is 5.79. The molecule has 0 radical (unpaired) electrons. The Morgan fingerprint density at radius 1 is 1.17 bits per heavy atom. The van der Waals surface area contributed by atoms with Crippen LogP contribution in [-0.2, 0) is 4.79 Å². The van der Waals surface area contributed by atoms with Crippen LogP contribution in [0.2, 0.25) is 0 Å². The van der Waals surface area contributed by atoms with E-state index in [1.165, 1.54) is 0 Å². The summed E-state index contributed by atoms with van der Waals surface area (Å²) in [6, 6.07) is 7.63. The van der Waals surface area contributed by atoms with E-state index in [1.807, 2.05) is 24.3 Å². The lowest BCUT2D eigenvalue weighted by atomic mass is 10.1. The number of piperidine rings is 1. The molecule has 1 fully saturated rings. The van der Waals surface area contributed by atoms with Gasteiger partial charge in [-0.05, 0) is 12.1 Å². The summed E-state index contributed by atoms with van der Waals surface area (Å²) in [6.45, 7) is 3.18. The Kier molecular flexibility index (Phi) is 4.59. The molecule has 1 saturated heterocycles. The van der Waals surface area contributed by atoms with Crippen molar-refractivity contribution in [1.82, 2.24) is 4.90 Å². The Labute approximate surface area is 107 Å². The second kappa shape index (κ2) is 6.40. The van der Waals surface area contributed by atoms with Crippen molar-refractivity contribution < 1.29 is 14.3 Å². The fourth-order valence-corrected chi connectivity index (χ4v) is 2.05. The number of benzene rings is 1. The monoisotopic (exact) mass is 249 g/mol. The standard InChI is InChI=1S/C14H19NO3/c1-17-13-4-2-3-5-14(13)18-11-10-15-8-6-12(16)7-9-15/h2-5H,6-11H2,1H3. The van der Waals surface area contributed by atoms with Gasteiger partial charge in [0, 0.05) is 32.5 Å². The predicted octanol–water partition coefficient (Wildman–Crippen LogP) is 1.74. The molecule has 0 aromatic heterocycles. The number of hydrogen-bond acceptors (Lipinski definition) is 4. The molecular weight excluding hydrogens is 230 g/mol. The molecule has 18 heavy (non-hydrogen) atoms. The highest BCUT2D eigenvalue weighted by Gasteiger charge is 2.15. The van der Waals surface area contributed by atoms with Crippen molar-refractivity contribution in [2.24, 2.45) is 0 Å². The first-order chi connectivity index (χ1) is 8.79. The fraction of sp³-hybridized carbons (Fsp3) is 0.500. The third-order valence-electron chi connectivity index (χ3n) is 3.15. The zero-order valence-electron chi connectivity index (χ0n) is 10.7. The number of para-hydroxylation sites is 2. The van der Waals surface area contributed by atoms with Crippen molar-refractivity contribution in [3.63, 3.8) is 0 Å². The summed E-state index contributed by atoms with van der Waals surface area (Å²) in [6.07, 6.45) is 1.35. The molecule has 1 aromatic carbocycles. The van der Waals surface area contributed by atoms with Gasteiger partial charge in [-0.15, -0.1) is 0 Å². The second-order valence-corrected chi connectivity index (χ2v) is 4.38. The van der Waals surface area contributed by atoms with Crippen LogP contribution in [0, 0.1) is 0 Å². The lowest BCUT2D eigenvalue weighted by Crippen LogP contribution is -2.36. The SMILES string of the molecule is COc1ccccc1OCCN1CCC(=O)CC1. The molecule has 1 aromatic rings. The maximum Gasteiger partial charge on any atom is 0.161 e. The fourth-order valence-electron chi connectivity index (χ4n) is 2.05. The van der Waals surface area contributed by atoms with Gasteiger partial charge >= 0.3 is 0 Å². The number of carbonyl (C=O) groups excluding carboxylic acids is 1. The van der Waals surface area contributed by atoms with Gasteiger partial charge in [0.1, 0.15) is 12.4 Å². The average Bonchev–Trinajstić information content (AvgIpc) is 2.41. The van der Waals surface area contributed by atoms with Gasteiger partial charge in [-0.2, -0.15) is 0 Å². The summed E-state index contributed by atoms with van der Waals surface area (Å²) in [7, 11) is 1.64. The minimum Gasteiger partial charge on any atom is -0.493 e. The summed E-state index contributed by atoms with van der Waals surface area (Å²) in [5.41, 5.74) is 0. The van der Waals surface area contributed by atoms with E-state index in [1.54, 1.807) is 7.11 Å². The molecule has 1 heterocycles. The third kappa shape index (κ3) is 3.47. The average molecular weight is 249 g/mol. The first-order valence-electron chi connectivity index (χ1n) is 6.29. The highest BCUT2D eigenvalue weighted by Crippen LogP contribution is 2.25. The summed E-state index contributed by atoms with van der Waals surface area (Å²) in [5.74, 6) is 1.90. The zero-order chi connectivity index (χ0) is 12.8. The quantitative estimate of drug-likeness (QED) is 0.796. The Morgan fingerprint density at radius 2 is 1.83 bits per heavy atom. The Balaban J connectivity index is 1.76. The van der Waals surface area contributed by atoms with E-state index in [4.69, 9.17) is 9.47 Å². The number of ether oxygens (including phenoxy) is 2. The van der Waals surface area contributed by atoms with Gasteiger partial charge in [0.25, 0.3) is 0 Å². The summed E-state index contributed by atoms with van der Waals surface area (Å²) >= 11 is 0. The molecule has 0 unspecified atom stereocenters. The van der Waals surface area contributed by atoms with E-state index in [0.717, 1.165) is 31.1 Å². The van der Waals surface area contributed by atoms with E-state index >= 15 is 0 Å². The van der Waals surface area contributed by atoms with Gasteiger partial charge in [-0.3, -0.25) is 9.69 Å². The topological polar surface area (TPSA) is 38.8 Å². The van der Waals surface area contributed by atoms with Crippen molar-refractivity contribution in [1.29, 1.82) is 0 Å². The van der Waals surface area contributed by atoms with Gasteiger partial charge in [-0.25, -0.2) is 0 Å². The molecule has 98 valence electrons. The number of likely N-dealkylation sites (tertiary alicyclic amines) is 1. The second-order valence-electron chi connectivity index (χ2n) is 4.38. The van der Waals surface area contributed by atoms with Crippen LogP contribution in [0.25, 0.3) is 0 Å². The Hall–Kier alpha value is -1.55. The van der Waals surface area contributed by atoms with Crippen LogP contribution in [0.4, 0.5) is 0 Å². The molecule has 2 rings (SSSR count). The van der Waals surface area contributed by atoms with Gasteiger partial charge in [0.2, 0.25) is 0 Å². The first kappa shape index (κ1) is 12.9. The third-order valence-corrected chi connectivity index (χ3v) is 3.15. The van der Waals surface area contributed by atoms with Crippen LogP contribution in [0.5, 0.6) is 11.5 Å². The van der Waals surface area contributed by atoms with E-state index in [-0.39, 0.29) is 0 Å². The van der Waals surface area contributed by atoms with Gasteiger partial charge in [0.05, 0.1) is 7.11 Å². The van der Waals surface area contributed by atoms with Crippen LogP contribution in [0.3, 0.4) is 0 Å². The lowest BCUT2D eigenvalue weighted by Gasteiger charge is -2.25.